The van der Waals surface area contributed by atoms with Gasteiger partial charge in [0, 0.05) is 31.3 Å². The van der Waals surface area contributed by atoms with Gasteiger partial charge in [0.15, 0.2) is 0 Å². The second-order valence-corrected chi connectivity index (χ2v) is 11.0. The van der Waals surface area contributed by atoms with Gasteiger partial charge >= 0.3 is 0 Å². The van der Waals surface area contributed by atoms with Crippen molar-refractivity contribution in [1.29, 1.82) is 0 Å². The van der Waals surface area contributed by atoms with Crippen molar-refractivity contribution < 1.29 is 19.5 Å². The lowest BCUT2D eigenvalue weighted by atomic mass is 9.97. The number of H-pyrrole nitrogens is 1. The van der Waals surface area contributed by atoms with Crippen molar-refractivity contribution in [1.82, 2.24) is 30.0 Å². The third-order valence-electron chi connectivity index (χ3n) is 8.20. The van der Waals surface area contributed by atoms with E-state index in [1.54, 1.807) is 56.4 Å². The number of hydrogen-bond acceptors (Lipinski definition) is 6. The van der Waals surface area contributed by atoms with Crippen molar-refractivity contribution in [3.8, 4) is 5.75 Å². The molecule has 1 aromatic heterocycles. The normalized spacial score (nSPS) is 19.1. The number of phenolic OH excluding ortho intramolecular Hbond substituents is 1. The number of aromatic amines is 1. The minimum Gasteiger partial charge on any atom is -0.508 e. The fraction of sp³-hybridized carbons (Fsp3) is 0.273. The molecular formula is C33H34N6O4. The Morgan fingerprint density at radius 1 is 1.02 bits per heavy atom. The molecule has 43 heavy (non-hydrogen) atoms. The van der Waals surface area contributed by atoms with E-state index in [1.807, 2.05) is 48.5 Å². The zero-order chi connectivity index (χ0) is 29.9. The molecule has 2 aliphatic heterocycles. The van der Waals surface area contributed by atoms with Gasteiger partial charge in [-0.25, -0.2) is 10.0 Å². The Morgan fingerprint density at radius 2 is 1.81 bits per heavy atom. The third-order valence-corrected chi connectivity index (χ3v) is 8.20. The number of nitrogens with one attached hydrogen (secondary N) is 1. The fourth-order valence-corrected chi connectivity index (χ4v) is 6.14. The number of aryl methyl sites for hydroxylation is 1. The molecule has 220 valence electrons. The van der Waals surface area contributed by atoms with E-state index in [0.29, 0.717) is 19.5 Å². The van der Waals surface area contributed by atoms with Crippen molar-refractivity contribution in [2.24, 2.45) is 0 Å². The van der Waals surface area contributed by atoms with Crippen LogP contribution in [0.15, 0.2) is 91.6 Å². The minimum absolute atomic E-state index is 0.0344. The molecule has 0 aliphatic carbocycles. The number of nitrogens with zero attached hydrogens (tertiary/aromatic N) is 5. The average Bonchev–Trinajstić information content (AvgIpc) is 3.50. The number of hydrogen-bond donors (Lipinski definition) is 2. The predicted octanol–water partition coefficient (Wildman–Crippen LogP) is 3.25. The summed E-state index contributed by atoms with van der Waals surface area (Å²) in [7, 11) is 0. The summed E-state index contributed by atoms with van der Waals surface area (Å²) < 4.78 is 0. The summed E-state index contributed by atoms with van der Waals surface area (Å²) in [4.78, 5) is 45.3. The molecule has 6 rings (SSSR count). The van der Waals surface area contributed by atoms with Crippen LogP contribution in [0.5, 0.6) is 5.75 Å². The summed E-state index contributed by atoms with van der Waals surface area (Å²) >= 11 is 0. The maximum Gasteiger partial charge on any atom is 0.246 e. The summed E-state index contributed by atoms with van der Waals surface area (Å²) in [6, 6.07) is 21.5. The van der Waals surface area contributed by atoms with Gasteiger partial charge in [-0.15, -0.1) is 6.58 Å². The van der Waals surface area contributed by atoms with E-state index in [0.717, 1.165) is 27.6 Å². The van der Waals surface area contributed by atoms with Crippen molar-refractivity contribution in [2.75, 3.05) is 19.6 Å². The molecule has 0 bridgehead atoms. The molecule has 2 fully saturated rings. The van der Waals surface area contributed by atoms with E-state index in [9.17, 15) is 19.5 Å². The lowest BCUT2D eigenvalue weighted by Crippen LogP contribution is -2.75. The molecule has 4 aromatic rings. The van der Waals surface area contributed by atoms with E-state index in [-0.39, 0.29) is 49.4 Å². The number of benzene rings is 3. The molecule has 10 nitrogen and oxygen atoms in total. The van der Waals surface area contributed by atoms with E-state index >= 15 is 0 Å². The van der Waals surface area contributed by atoms with Crippen molar-refractivity contribution in [3.63, 3.8) is 0 Å². The molecule has 0 radical (unpaired) electrons. The molecule has 3 aromatic carbocycles. The number of phenols is 1. The molecule has 2 aliphatic rings. The lowest BCUT2D eigenvalue weighted by Gasteiger charge is -2.55. The largest absolute Gasteiger partial charge is 0.508 e. The molecule has 2 N–H and O–H groups in total. The Morgan fingerprint density at radius 3 is 2.58 bits per heavy atom. The summed E-state index contributed by atoms with van der Waals surface area (Å²) in [5.41, 5.74) is 3.64. The highest BCUT2D eigenvalue weighted by Crippen LogP contribution is 2.31. The van der Waals surface area contributed by atoms with Gasteiger partial charge in [0.2, 0.25) is 17.7 Å². The average molecular weight is 579 g/mol. The van der Waals surface area contributed by atoms with Crippen LogP contribution in [0.4, 0.5) is 0 Å². The van der Waals surface area contributed by atoms with E-state index < -0.39 is 12.2 Å². The molecule has 3 heterocycles. The quantitative estimate of drug-likeness (QED) is 0.295. The zero-order valence-corrected chi connectivity index (χ0v) is 23.8. The molecule has 0 unspecified atom stereocenters. The molecule has 0 spiro atoms. The Hall–Kier alpha value is -4.96. The molecule has 3 amide bonds. The van der Waals surface area contributed by atoms with Crippen LogP contribution < -0.4 is 0 Å². The molecule has 2 saturated heterocycles. The van der Waals surface area contributed by atoms with Gasteiger partial charge in [-0.05, 0) is 41.3 Å². The zero-order valence-electron chi connectivity index (χ0n) is 23.8. The Kier molecular flexibility index (Phi) is 7.93. The molecule has 0 saturated carbocycles. The van der Waals surface area contributed by atoms with Gasteiger partial charge in [0.05, 0.1) is 24.8 Å². The first-order chi connectivity index (χ1) is 20.9. The summed E-state index contributed by atoms with van der Waals surface area (Å²) in [6.45, 7) is 4.60. The van der Waals surface area contributed by atoms with Crippen LogP contribution >= 0.6 is 0 Å². The summed E-state index contributed by atoms with van der Waals surface area (Å²) in [5.74, 6) is -0.404. The van der Waals surface area contributed by atoms with Crippen LogP contribution in [-0.2, 0) is 33.8 Å². The topological polar surface area (TPSA) is 113 Å². The van der Waals surface area contributed by atoms with Crippen LogP contribution in [0.25, 0.3) is 10.9 Å². The van der Waals surface area contributed by atoms with Crippen molar-refractivity contribution in [3.05, 3.63) is 108 Å². The number of carbonyl (C=O) groups is 3. The first-order valence-electron chi connectivity index (χ1n) is 14.4. The molecule has 2 atom stereocenters. The first kappa shape index (κ1) is 28.2. The third kappa shape index (κ3) is 5.74. The highest BCUT2D eigenvalue weighted by molar-refractivity contribution is 5.92. The smallest absolute Gasteiger partial charge is 0.246 e. The highest BCUT2D eigenvalue weighted by Gasteiger charge is 2.51. The fourth-order valence-electron chi connectivity index (χ4n) is 6.14. The number of amides is 3. The predicted molar refractivity (Wildman–Crippen MR) is 161 cm³/mol. The van der Waals surface area contributed by atoms with Gasteiger partial charge in [0.1, 0.15) is 18.0 Å². The Balaban J connectivity index is 1.36. The number of rotatable bonds is 9. The monoisotopic (exact) mass is 578 g/mol. The Bertz CT molecular complexity index is 1640. The summed E-state index contributed by atoms with van der Waals surface area (Å²) in [5, 5.41) is 21.3. The van der Waals surface area contributed by atoms with Gasteiger partial charge < -0.3 is 14.9 Å². The number of piperazine rings is 1. The molecule has 10 heteroatoms. The first-order valence-corrected chi connectivity index (χ1v) is 14.4. The number of hydrazine groups is 1. The lowest BCUT2D eigenvalue weighted by molar-refractivity contribution is -0.205. The highest BCUT2D eigenvalue weighted by atomic mass is 16.3. The van der Waals surface area contributed by atoms with Gasteiger partial charge in [-0.1, -0.05) is 60.7 Å². The second kappa shape index (κ2) is 12.1. The van der Waals surface area contributed by atoms with Crippen LogP contribution in [0.1, 0.15) is 23.1 Å². The standard InChI is InChI=1S/C33H34N6O4/c1-2-17-37-22-32(42)38-29(18-24-11-14-26(40)15-12-24)33(43)36(20-25-9-6-10-28-27(25)19-34-35-28)21-30(38)39(37)31(41)16-13-23-7-4-3-5-8-23/h2-12,14-15,19,29-30,40H,1,13,16-18,20-22H2,(H,34,35)/t29-,30-/m0/s1. The van der Waals surface area contributed by atoms with E-state index in [1.165, 1.54) is 0 Å². The number of carbonyl (C=O) groups excluding carboxylic acids is 3. The van der Waals surface area contributed by atoms with Gasteiger partial charge in [-0.2, -0.15) is 5.10 Å². The van der Waals surface area contributed by atoms with Crippen LogP contribution in [0.3, 0.4) is 0 Å². The minimum atomic E-state index is -0.824. The SMILES string of the molecule is C=CCN1CC(=O)N2[C@@H](Cc3ccc(O)cc3)C(=O)N(Cc3cccc4[nH]ncc34)C[C@@H]2N1C(=O)CCc1ccccc1. The van der Waals surface area contributed by atoms with Crippen molar-refractivity contribution in [2.45, 2.75) is 38.0 Å². The van der Waals surface area contributed by atoms with E-state index in [2.05, 4.69) is 16.8 Å². The maximum atomic E-state index is 14.2. The van der Waals surface area contributed by atoms with E-state index in [4.69, 9.17) is 0 Å². The summed E-state index contributed by atoms with van der Waals surface area (Å²) in [6.07, 6.45) is 3.80. The maximum absolute atomic E-state index is 14.2. The number of aromatic hydroxyl groups is 1. The van der Waals surface area contributed by atoms with Gasteiger partial charge in [-0.3, -0.25) is 19.5 Å². The number of fused-ring (bicyclic) bond motifs is 2. The van der Waals surface area contributed by atoms with Crippen LogP contribution in [0.2, 0.25) is 0 Å². The second-order valence-electron chi connectivity index (χ2n) is 11.0. The Labute approximate surface area is 249 Å². The molecular weight excluding hydrogens is 544 g/mol. The van der Waals surface area contributed by atoms with Crippen molar-refractivity contribution >= 4 is 28.6 Å². The van der Waals surface area contributed by atoms with Crippen LogP contribution in [-0.4, -0.2) is 84.7 Å². The number of aromatic nitrogens is 2. The van der Waals surface area contributed by atoms with Gasteiger partial charge in [0.25, 0.3) is 0 Å². The van der Waals surface area contributed by atoms with Crippen LogP contribution in [0, 0.1) is 0 Å².